The summed E-state index contributed by atoms with van der Waals surface area (Å²) in [5, 5.41) is 5.06. The number of halogens is 4. The zero-order valence-electron chi connectivity index (χ0n) is 20.1. The van der Waals surface area contributed by atoms with Crippen LogP contribution in [0.1, 0.15) is 33.6 Å². The van der Waals surface area contributed by atoms with Crippen molar-refractivity contribution in [1.82, 2.24) is 14.7 Å². The predicted octanol–water partition coefficient (Wildman–Crippen LogP) is 6.11. The van der Waals surface area contributed by atoms with Gasteiger partial charge < -0.3 is 9.64 Å². The van der Waals surface area contributed by atoms with E-state index in [9.17, 15) is 22.4 Å². The van der Waals surface area contributed by atoms with Crippen LogP contribution in [0.2, 0.25) is 0 Å². The number of fused-ring (bicyclic) bond motifs is 1. The average Bonchev–Trinajstić information content (AvgIpc) is 3.08. The number of ether oxygens (including phenoxy) is 1. The number of anilines is 1. The van der Waals surface area contributed by atoms with Crippen molar-refractivity contribution in [2.24, 2.45) is 7.05 Å². The summed E-state index contributed by atoms with van der Waals surface area (Å²) in [6.45, 7) is 5.58. The summed E-state index contributed by atoms with van der Waals surface area (Å²) in [5.74, 6) is -0.418. The Bertz CT molecular complexity index is 1220. The number of aromatic nitrogens is 2. The molecule has 0 saturated carbocycles. The SMILES string of the molecule is Cn1nc(-c2cccc(F)c2)c2ccc(N(C3CCN(C(=O)OC(C)(C)C)CC3)C(F)(F)F)cc21. The van der Waals surface area contributed by atoms with Crippen molar-refractivity contribution in [3.8, 4) is 11.3 Å². The van der Waals surface area contributed by atoms with Gasteiger partial charge in [0.1, 0.15) is 17.1 Å². The Hall–Kier alpha value is -3.30. The Kier molecular flexibility index (Phi) is 6.42. The highest BCUT2D eigenvalue weighted by Crippen LogP contribution is 2.37. The molecule has 6 nitrogen and oxygen atoms in total. The molecule has 10 heteroatoms. The van der Waals surface area contributed by atoms with Crippen molar-refractivity contribution in [2.45, 2.75) is 51.6 Å². The lowest BCUT2D eigenvalue weighted by atomic mass is 10.0. The van der Waals surface area contributed by atoms with Crippen LogP contribution in [-0.2, 0) is 11.8 Å². The minimum Gasteiger partial charge on any atom is -0.444 e. The van der Waals surface area contributed by atoms with E-state index in [1.807, 2.05) is 0 Å². The first-order valence-corrected chi connectivity index (χ1v) is 11.4. The fourth-order valence-corrected chi connectivity index (χ4v) is 4.44. The lowest BCUT2D eigenvalue weighted by Gasteiger charge is -2.40. The number of alkyl halides is 3. The molecule has 1 aliphatic heterocycles. The Labute approximate surface area is 201 Å². The molecule has 4 rings (SSSR count). The van der Waals surface area contributed by atoms with E-state index < -0.39 is 29.9 Å². The quantitative estimate of drug-likeness (QED) is 0.327. The predicted molar refractivity (Wildman–Crippen MR) is 125 cm³/mol. The molecule has 0 N–H and O–H groups in total. The Balaban J connectivity index is 1.61. The number of aryl methyl sites for hydroxylation is 1. The summed E-state index contributed by atoms with van der Waals surface area (Å²) in [6.07, 6.45) is -4.83. The van der Waals surface area contributed by atoms with E-state index in [0.717, 1.165) is 0 Å². The fraction of sp³-hybridized carbons (Fsp3) is 0.440. The Morgan fingerprint density at radius 3 is 2.37 bits per heavy atom. The van der Waals surface area contributed by atoms with Gasteiger partial charge in [0.2, 0.25) is 0 Å². The molecule has 0 aliphatic carbocycles. The summed E-state index contributed by atoms with van der Waals surface area (Å²) in [6, 6.07) is 9.57. The molecule has 0 bridgehead atoms. The van der Waals surface area contributed by atoms with E-state index in [2.05, 4.69) is 5.10 Å². The summed E-state index contributed by atoms with van der Waals surface area (Å²) in [5.41, 5.74) is 0.870. The molecule has 1 aromatic heterocycles. The molecule has 35 heavy (non-hydrogen) atoms. The van der Waals surface area contributed by atoms with E-state index in [4.69, 9.17) is 4.74 Å². The number of nitrogens with zero attached hydrogens (tertiary/aromatic N) is 4. The van der Waals surface area contributed by atoms with Crippen LogP contribution in [0, 0.1) is 5.82 Å². The van der Waals surface area contributed by atoms with Crippen molar-refractivity contribution in [3.63, 3.8) is 0 Å². The summed E-state index contributed by atoms with van der Waals surface area (Å²) in [4.78, 5) is 14.2. The van der Waals surface area contributed by atoms with Crippen molar-refractivity contribution in [3.05, 3.63) is 48.3 Å². The second kappa shape index (κ2) is 9.05. The van der Waals surface area contributed by atoms with Gasteiger partial charge in [-0.3, -0.25) is 9.58 Å². The molecule has 1 amide bonds. The lowest BCUT2D eigenvalue weighted by molar-refractivity contribution is -0.136. The monoisotopic (exact) mass is 492 g/mol. The zero-order chi connectivity index (χ0) is 25.5. The normalized spacial score (nSPS) is 15.5. The standard InChI is InChI=1S/C25H28F4N4O2/c1-24(2,3)35-23(34)32-12-10-18(11-13-32)33(25(27,28)29)19-8-9-20-21(15-19)31(4)30-22(20)16-6-5-7-17(26)14-16/h5-9,14-15,18H,10-13H2,1-4H3. The number of carbonyl (C=O) groups is 1. The first-order chi connectivity index (χ1) is 16.3. The van der Waals surface area contributed by atoms with Crippen molar-refractivity contribution in [2.75, 3.05) is 18.0 Å². The van der Waals surface area contributed by atoms with Crippen LogP contribution in [-0.4, -0.2) is 51.8 Å². The highest BCUT2D eigenvalue weighted by Gasteiger charge is 2.44. The zero-order valence-corrected chi connectivity index (χ0v) is 20.1. The van der Waals surface area contributed by atoms with Gasteiger partial charge in [-0.15, -0.1) is 0 Å². The molecule has 0 atom stereocenters. The number of amides is 1. The molecule has 0 spiro atoms. The van der Waals surface area contributed by atoms with Crippen LogP contribution >= 0.6 is 0 Å². The molecule has 2 aromatic carbocycles. The first-order valence-electron chi connectivity index (χ1n) is 11.4. The van der Waals surface area contributed by atoms with Gasteiger partial charge in [-0.2, -0.15) is 18.3 Å². The third-order valence-corrected chi connectivity index (χ3v) is 5.97. The summed E-state index contributed by atoms with van der Waals surface area (Å²) >= 11 is 0. The maximum absolute atomic E-state index is 14.2. The highest BCUT2D eigenvalue weighted by atomic mass is 19.4. The van der Waals surface area contributed by atoms with Gasteiger partial charge in [-0.25, -0.2) is 9.18 Å². The molecule has 2 heterocycles. The third kappa shape index (κ3) is 5.36. The second-order valence-corrected chi connectivity index (χ2v) is 9.72. The van der Waals surface area contributed by atoms with Crippen LogP contribution in [0.5, 0.6) is 0 Å². The van der Waals surface area contributed by atoms with Crippen LogP contribution in [0.25, 0.3) is 22.2 Å². The smallest absolute Gasteiger partial charge is 0.444 e. The molecular weight excluding hydrogens is 464 g/mol. The first kappa shape index (κ1) is 24.8. The minimum atomic E-state index is -4.61. The van der Waals surface area contributed by atoms with E-state index in [-0.39, 0.29) is 31.6 Å². The van der Waals surface area contributed by atoms with E-state index in [1.54, 1.807) is 46.0 Å². The molecule has 1 saturated heterocycles. The van der Waals surface area contributed by atoms with Crippen molar-refractivity contribution in [1.29, 1.82) is 0 Å². The number of hydrogen-bond acceptors (Lipinski definition) is 4. The molecule has 1 aliphatic rings. The molecular formula is C25H28F4N4O2. The van der Waals surface area contributed by atoms with Crippen LogP contribution < -0.4 is 4.90 Å². The lowest BCUT2D eigenvalue weighted by Crippen LogP contribution is -2.52. The van der Waals surface area contributed by atoms with E-state index in [0.29, 0.717) is 27.1 Å². The molecule has 1 fully saturated rings. The highest BCUT2D eigenvalue weighted by molar-refractivity contribution is 5.95. The largest absolute Gasteiger partial charge is 0.485 e. The van der Waals surface area contributed by atoms with Crippen LogP contribution in [0.15, 0.2) is 42.5 Å². The van der Waals surface area contributed by atoms with Gasteiger partial charge >= 0.3 is 12.4 Å². The van der Waals surface area contributed by atoms with E-state index in [1.165, 1.54) is 33.8 Å². The van der Waals surface area contributed by atoms with Gasteiger partial charge in [-0.1, -0.05) is 12.1 Å². The maximum Gasteiger partial charge on any atom is 0.485 e. The van der Waals surface area contributed by atoms with Crippen LogP contribution in [0.3, 0.4) is 0 Å². The summed E-state index contributed by atoms with van der Waals surface area (Å²) < 4.78 is 63.3. The van der Waals surface area contributed by atoms with Gasteiger partial charge in [0.25, 0.3) is 0 Å². The van der Waals surface area contributed by atoms with Gasteiger partial charge in [0, 0.05) is 42.8 Å². The number of rotatable bonds is 3. The molecule has 0 radical (unpaired) electrons. The number of likely N-dealkylation sites (tertiary alicyclic amines) is 1. The Morgan fingerprint density at radius 2 is 1.77 bits per heavy atom. The number of hydrogen-bond donors (Lipinski definition) is 0. The number of piperidine rings is 1. The molecule has 3 aromatic rings. The minimum absolute atomic E-state index is 0.00508. The molecule has 188 valence electrons. The van der Waals surface area contributed by atoms with Crippen molar-refractivity contribution < 1.29 is 27.1 Å². The third-order valence-electron chi connectivity index (χ3n) is 5.97. The maximum atomic E-state index is 14.2. The second-order valence-electron chi connectivity index (χ2n) is 9.72. The molecule has 0 unspecified atom stereocenters. The van der Waals surface area contributed by atoms with Gasteiger partial charge in [-0.05, 0) is 63.9 Å². The topological polar surface area (TPSA) is 50.6 Å². The van der Waals surface area contributed by atoms with Crippen LogP contribution in [0.4, 0.5) is 28.0 Å². The van der Waals surface area contributed by atoms with Gasteiger partial charge in [0.15, 0.2) is 0 Å². The number of benzene rings is 2. The summed E-state index contributed by atoms with van der Waals surface area (Å²) in [7, 11) is 1.64. The fourth-order valence-electron chi connectivity index (χ4n) is 4.44. The number of carbonyl (C=O) groups excluding carboxylic acids is 1. The van der Waals surface area contributed by atoms with Gasteiger partial charge in [0.05, 0.1) is 5.52 Å². The van der Waals surface area contributed by atoms with E-state index >= 15 is 0 Å². The average molecular weight is 493 g/mol. The Morgan fingerprint density at radius 1 is 1.09 bits per heavy atom. The van der Waals surface area contributed by atoms with Crippen molar-refractivity contribution >= 4 is 22.7 Å².